The molecular formula is C17H17N5. The number of rotatable bonds is 3. The first-order chi connectivity index (χ1) is 10.8. The molecule has 0 bridgehead atoms. The van der Waals surface area contributed by atoms with E-state index in [4.69, 9.17) is 0 Å². The Morgan fingerprint density at radius 2 is 2.14 bits per heavy atom. The third kappa shape index (κ3) is 1.94. The Hall–Kier alpha value is -2.82. The van der Waals surface area contributed by atoms with Gasteiger partial charge in [0.2, 0.25) is 0 Å². The molecule has 0 aliphatic rings. The number of aromatic nitrogens is 5. The van der Waals surface area contributed by atoms with Crippen LogP contribution in [0.2, 0.25) is 0 Å². The maximum atomic E-state index is 4.52. The minimum absolute atomic E-state index is 0.929. The number of nitrogens with zero attached hydrogens (tertiary/aromatic N) is 4. The second kappa shape index (κ2) is 4.87. The van der Waals surface area contributed by atoms with Gasteiger partial charge in [-0.15, -0.1) is 0 Å². The highest BCUT2D eigenvalue weighted by molar-refractivity contribution is 5.91. The molecule has 0 atom stereocenters. The minimum Gasteiger partial charge on any atom is -0.361 e. The first-order valence-electron chi connectivity index (χ1n) is 7.38. The van der Waals surface area contributed by atoms with Crippen LogP contribution in [0.15, 0.2) is 49.3 Å². The maximum Gasteiger partial charge on any atom is 0.0999 e. The molecule has 22 heavy (non-hydrogen) atoms. The van der Waals surface area contributed by atoms with Gasteiger partial charge in [-0.3, -0.25) is 4.68 Å². The van der Waals surface area contributed by atoms with Crippen molar-refractivity contribution in [3.8, 4) is 16.9 Å². The highest BCUT2D eigenvalue weighted by Gasteiger charge is 2.11. The van der Waals surface area contributed by atoms with E-state index < -0.39 is 0 Å². The molecular weight excluding hydrogens is 274 g/mol. The second-order valence-corrected chi connectivity index (χ2v) is 5.44. The number of aryl methyl sites for hydroxylation is 2. The Morgan fingerprint density at radius 1 is 1.23 bits per heavy atom. The molecule has 110 valence electrons. The molecule has 0 fully saturated rings. The molecule has 0 amide bonds. The Labute approximate surface area is 128 Å². The van der Waals surface area contributed by atoms with E-state index in [0.717, 1.165) is 28.9 Å². The summed E-state index contributed by atoms with van der Waals surface area (Å²) in [6, 6.07) is 6.30. The molecule has 3 aromatic heterocycles. The van der Waals surface area contributed by atoms with E-state index in [2.05, 4.69) is 57.2 Å². The summed E-state index contributed by atoms with van der Waals surface area (Å²) in [5.74, 6) is 0. The molecule has 4 aromatic rings. The van der Waals surface area contributed by atoms with Crippen LogP contribution in [0.25, 0.3) is 27.8 Å². The zero-order chi connectivity index (χ0) is 15.1. The van der Waals surface area contributed by atoms with Gasteiger partial charge in [-0.05, 0) is 24.1 Å². The molecule has 0 aliphatic carbocycles. The molecule has 4 rings (SSSR count). The van der Waals surface area contributed by atoms with Gasteiger partial charge >= 0.3 is 0 Å². The van der Waals surface area contributed by atoms with Gasteiger partial charge in [0.15, 0.2) is 0 Å². The van der Waals surface area contributed by atoms with Crippen molar-refractivity contribution in [1.82, 2.24) is 24.3 Å². The molecule has 3 heterocycles. The fraction of sp³-hybridized carbons (Fsp3) is 0.176. The normalized spacial score (nSPS) is 11.4. The van der Waals surface area contributed by atoms with Gasteiger partial charge in [-0.2, -0.15) is 5.10 Å². The Morgan fingerprint density at radius 3 is 2.91 bits per heavy atom. The number of nitrogens with one attached hydrogen (secondary N) is 1. The topological polar surface area (TPSA) is 51.4 Å². The quantitative estimate of drug-likeness (QED) is 0.629. The van der Waals surface area contributed by atoms with Gasteiger partial charge in [-0.1, -0.05) is 13.0 Å². The van der Waals surface area contributed by atoms with Crippen molar-refractivity contribution >= 4 is 10.9 Å². The standard InChI is InChI=1S/C17H17N5/c1-3-12-7-18-14-5-4-6-16(17(12)14)22-10-15(19-11-22)13-8-20-21(2)9-13/h4-11,18H,3H2,1-2H3. The zero-order valence-electron chi connectivity index (χ0n) is 12.6. The lowest BCUT2D eigenvalue weighted by Gasteiger charge is -2.05. The van der Waals surface area contributed by atoms with Gasteiger partial charge in [0, 0.05) is 42.1 Å². The van der Waals surface area contributed by atoms with Gasteiger partial charge in [0.25, 0.3) is 0 Å². The molecule has 0 radical (unpaired) electrons. The number of imidazole rings is 1. The molecule has 0 saturated heterocycles. The highest BCUT2D eigenvalue weighted by atomic mass is 15.2. The molecule has 0 aliphatic heterocycles. The van der Waals surface area contributed by atoms with Gasteiger partial charge < -0.3 is 9.55 Å². The van der Waals surface area contributed by atoms with Crippen molar-refractivity contribution in [1.29, 1.82) is 0 Å². The SMILES string of the molecule is CCc1c[nH]c2cccc(-n3cnc(-c4cnn(C)c4)c3)c12. The summed E-state index contributed by atoms with van der Waals surface area (Å²) in [6.45, 7) is 2.17. The third-order valence-corrected chi connectivity index (χ3v) is 4.01. The van der Waals surface area contributed by atoms with Crippen molar-refractivity contribution in [2.75, 3.05) is 0 Å². The van der Waals surface area contributed by atoms with Crippen molar-refractivity contribution in [3.05, 3.63) is 54.9 Å². The van der Waals surface area contributed by atoms with Crippen LogP contribution in [-0.4, -0.2) is 24.3 Å². The number of benzene rings is 1. The summed E-state index contributed by atoms with van der Waals surface area (Å²) in [4.78, 5) is 7.87. The predicted octanol–water partition coefficient (Wildman–Crippen LogP) is 3.32. The largest absolute Gasteiger partial charge is 0.361 e. The third-order valence-electron chi connectivity index (χ3n) is 4.01. The Bertz CT molecular complexity index is 941. The molecule has 1 N–H and O–H groups in total. The molecule has 0 saturated carbocycles. The summed E-state index contributed by atoms with van der Waals surface area (Å²) in [5, 5.41) is 5.47. The Kier molecular flexibility index (Phi) is 2.85. The first-order valence-corrected chi connectivity index (χ1v) is 7.38. The summed E-state index contributed by atoms with van der Waals surface area (Å²) >= 11 is 0. The van der Waals surface area contributed by atoms with Crippen LogP contribution < -0.4 is 0 Å². The van der Waals surface area contributed by atoms with Crippen molar-refractivity contribution < 1.29 is 0 Å². The molecule has 0 spiro atoms. The van der Waals surface area contributed by atoms with Crippen LogP contribution in [0.5, 0.6) is 0 Å². The average molecular weight is 291 g/mol. The van der Waals surface area contributed by atoms with Crippen LogP contribution in [0.1, 0.15) is 12.5 Å². The fourth-order valence-corrected chi connectivity index (χ4v) is 2.89. The second-order valence-electron chi connectivity index (χ2n) is 5.44. The van der Waals surface area contributed by atoms with E-state index in [1.165, 1.54) is 10.9 Å². The first kappa shape index (κ1) is 12.9. The number of hydrogen-bond donors (Lipinski definition) is 1. The summed E-state index contributed by atoms with van der Waals surface area (Å²) in [5.41, 5.74) is 5.59. The molecule has 1 aromatic carbocycles. The van der Waals surface area contributed by atoms with E-state index in [9.17, 15) is 0 Å². The van der Waals surface area contributed by atoms with E-state index in [1.54, 1.807) is 4.68 Å². The minimum atomic E-state index is 0.929. The average Bonchev–Trinajstić information content (AvgIpc) is 3.25. The lowest BCUT2D eigenvalue weighted by Crippen LogP contribution is -1.92. The summed E-state index contributed by atoms with van der Waals surface area (Å²) < 4.78 is 3.87. The number of hydrogen-bond acceptors (Lipinski definition) is 2. The van der Waals surface area contributed by atoms with Crippen LogP contribution in [0.3, 0.4) is 0 Å². The van der Waals surface area contributed by atoms with E-state index in [-0.39, 0.29) is 0 Å². The highest BCUT2D eigenvalue weighted by Crippen LogP contribution is 2.27. The van der Waals surface area contributed by atoms with Crippen molar-refractivity contribution in [2.45, 2.75) is 13.3 Å². The zero-order valence-corrected chi connectivity index (χ0v) is 12.6. The van der Waals surface area contributed by atoms with Gasteiger partial charge in [0.1, 0.15) is 0 Å². The molecule has 0 unspecified atom stereocenters. The fourth-order valence-electron chi connectivity index (χ4n) is 2.89. The number of fused-ring (bicyclic) bond motifs is 1. The molecule has 5 nitrogen and oxygen atoms in total. The molecule has 5 heteroatoms. The number of aromatic amines is 1. The lowest BCUT2D eigenvalue weighted by atomic mass is 10.1. The van der Waals surface area contributed by atoms with E-state index in [0.29, 0.717) is 0 Å². The Balaban J connectivity index is 1.86. The number of H-pyrrole nitrogens is 1. The van der Waals surface area contributed by atoms with Crippen LogP contribution in [0.4, 0.5) is 0 Å². The lowest BCUT2D eigenvalue weighted by molar-refractivity contribution is 0.768. The van der Waals surface area contributed by atoms with Crippen LogP contribution in [0, 0.1) is 0 Å². The van der Waals surface area contributed by atoms with Crippen molar-refractivity contribution in [3.63, 3.8) is 0 Å². The van der Waals surface area contributed by atoms with Gasteiger partial charge in [-0.25, -0.2) is 4.98 Å². The monoisotopic (exact) mass is 291 g/mol. The van der Waals surface area contributed by atoms with E-state index in [1.807, 2.05) is 25.8 Å². The van der Waals surface area contributed by atoms with Crippen LogP contribution >= 0.6 is 0 Å². The predicted molar refractivity (Wildman–Crippen MR) is 87.0 cm³/mol. The summed E-state index contributed by atoms with van der Waals surface area (Å²) in [6.07, 6.45) is 10.8. The van der Waals surface area contributed by atoms with E-state index >= 15 is 0 Å². The summed E-state index contributed by atoms with van der Waals surface area (Å²) in [7, 11) is 1.91. The van der Waals surface area contributed by atoms with Crippen LogP contribution in [-0.2, 0) is 13.5 Å². The van der Waals surface area contributed by atoms with Crippen molar-refractivity contribution in [2.24, 2.45) is 7.05 Å². The maximum absolute atomic E-state index is 4.52. The van der Waals surface area contributed by atoms with Gasteiger partial charge in [0.05, 0.1) is 23.9 Å². The smallest absolute Gasteiger partial charge is 0.0999 e.